The van der Waals surface area contributed by atoms with E-state index in [0.29, 0.717) is 18.5 Å². The quantitative estimate of drug-likeness (QED) is 0.0410. The van der Waals surface area contributed by atoms with Crippen LogP contribution in [-0.4, -0.2) is 198 Å². The first-order chi connectivity index (χ1) is 31.3. The van der Waals surface area contributed by atoms with Crippen molar-refractivity contribution in [2.75, 3.05) is 39.5 Å². The van der Waals surface area contributed by atoms with Crippen LogP contribution in [0.2, 0.25) is 0 Å². The molecule has 0 aromatic carbocycles. The summed E-state index contributed by atoms with van der Waals surface area (Å²) in [7, 11) is 0. The van der Waals surface area contributed by atoms with Gasteiger partial charge in [-0.05, 0) is 44.4 Å². The van der Waals surface area contributed by atoms with Gasteiger partial charge in [-0.2, -0.15) is 0 Å². The minimum Gasteiger partial charge on any atom is -0.480 e. The molecule has 3 heterocycles. The summed E-state index contributed by atoms with van der Waals surface area (Å²) >= 11 is 0. The molecule has 0 saturated carbocycles. The van der Waals surface area contributed by atoms with Crippen molar-refractivity contribution in [3.8, 4) is 0 Å². The summed E-state index contributed by atoms with van der Waals surface area (Å²) in [5, 5.41) is 61.7. The maximum Gasteiger partial charge on any atom is 0.328 e. The Morgan fingerprint density at radius 3 is 1.73 bits per heavy atom. The second-order valence-corrected chi connectivity index (χ2v) is 16.3. The first-order valence-corrected chi connectivity index (χ1v) is 21.4. The van der Waals surface area contributed by atoms with Crippen LogP contribution in [0.4, 0.5) is 0 Å². The maximum absolute atomic E-state index is 14.2. The molecule has 2 aliphatic rings. The number of imidazole rings is 1. The van der Waals surface area contributed by atoms with E-state index in [1.54, 1.807) is 0 Å². The minimum absolute atomic E-state index is 0.0525. The number of aromatic amines is 1. The van der Waals surface area contributed by atoms with Crippen LogP contribution in [0.15, 0.2) is 12.5 Å². The zero-order chi connectivity index (χ0) is 49.2. The van der Waals surface area contributed by atoms with Gasteiger partial charge < -0.3 is 83.7 Å². The number of aromatic nitrogens is 2. The topological polar surface area (TPSA) is 431 Å². The number of rotatable bonds is 26. The number of hydrogen-bond acceptors (Lipinski definition) is 16. The standard InChI is InChI=1S/C39H62N12O15/c1-19(2)11-24(46-31(57)21(40)14-52)37(63)51-10-4-6-29(51)38(64)50-9-3-5-28(50)36(62)45-23(12-20-13-42-18-43-20)33(59)47-26(16-54)35(61)48-25(15-53)34(60)44-22(7-8-30(41)56)32(58)49-27(17-55)39(65)66/h13,18-19,21-29,52-55H,3-12,14-17,40H2,1-2H3,(H2,41,56)(H,42,43)(H,44,60)(H,45,62)(H,46,57)(H,47,59)(H,48,61)(H,49,58)(H,65,66)/t21-,22-,23-,24-,25-,26-,27-,28-,29-/m0/s1. The summed E-state index contributed by atoms with van der Waals surface area (Å²) in [6.07, 6.45) is 3.02. The summed E-state index contributed by atoms with van der Waals surface area (Å²) < 4.78 is 0. The molecule has 2 fully saturated rings. The maximum atomic E-state index is 14.2. The van der Waals surface area contributed by atoms with E-state index < -0.39 is 153 Å². The first kappa shape index (κ1) is 54.0. The molecule has 0 bridgehead atoms. The van der Waals surface area contributed by atoms with Crippen LogP contribution in [-0.2, 0) is 54.4 Å². The summed E-state index contributed by atoms with van der Waals surface area (Å²) in [5.74, 6) is -9.71. The molecule has 0 aliphatic carbocycles. The normalized spacial score (nSPS) is 19.0. The Hall–Kier alpha value is -6.29. The Labute approximate surface area is 378 Å². The van der Waals surface area contributed by atoms with Gasteiger partial charge in [-0.25, -0.2) is 9.78 Å². The molecule has 9 atom stereocenters. The van der Waals surface area contributed by atoms with Gasteiger partial charge in [0.25, 0.3) is 0 Å². The molecule has 0 radical (unpaired) electrons. The average molecular weight is 939 g/mol. The molecule has 16 N–H and O–H groups in total. The van der Waals surface area contributed by atoms with E-state index >= 15 is 0 Å². The number of likely N-dealkylation sites (tertiary alicyclic amines) is 2. The van der Waals surface area contributed by atoms with Crippen molar-refractivity contribution in [1.82, 2.24) is 51.7 Å². The van der Waals surface area contributed by atoms with E-state index in [1.807, 2.05) is 19.2 Å². The molecule has 3 rings (SSSR count). The highest BCUT2D eigenvalue weighted by Crippen LogP contribution is 2.26. The minimum atomic E-state index is -1.85. The fourth-order valence-electron chi connectivity index (χ4n) is 7.35. The second kappa shape index (κ2) is 26.0. The Kier molecular flexibility index (Phi) is 21.3. The molecule has 1 aromatic rings. The smallest absolute Gasteiger partial charge is 0.328 e. The van der Waals surface area contributed by atoms with Crippen LogP contribution < -0.4 is 43.4 Å². The van der Waals surface area contributed by atoms with Crippen LogP contribution in [0.1, 0.15) is 64.5 Å². The fourth-order valence-corrected chi connectivity index (χ4v) is 7.35. The SMILES string of the molecule is CC(C)C[C@H](NC(=O)[C@@H](N)CO)C(=O)N1CCC[C@H]1C(=O)N1CCC[C@H]1C(=O)N[C@@H](Cc1cnc[nH]1)C(=O)N[C@@H](CO)C(=O)N[C@@H](CO)C(=O)N[C@@H](CCC(N)=O)C(=O)N[C@@H](CO)C(=O)O. The average Bonchev–Trinajstić information content (AvgIpc) is 4.09. The largest absolute Gasteiger partial charge is 0.480 e. The summed E-state index contributed by atoms with van der Waals surface area (Å²) in [5.41, 5.74) is 11.2. The number of amides is 9. The number of carboxylic acid groups (broad SMARTS) is 1. The molecular formula is C39H62N12O15. The van der Waals surface area contributed by atoms with E-state index in [2.05, 4.69) is 36.6 Å². The zero-order valence-electron chi connectivity index (χ0n) is 36.6. The number of carbonyl (C=O) groups excluding carboxylic acids is 9. The monoisotopic (exact) mass is 938 g/mol. The lowest BCUT2D eigenvalue weighted by molar-refractivity contribution is -0.148. The highest BCUT2D eigenvalue weighted by atomic mass is 16.4. The lowest BCUT2D eigenvalue weighted by Gasteiger charge is -2.33. The van der Waals surface area contributed by atoms with Gasteiger partial charge >= 0.3 is 5.97 Å². The van der Waals surface area contributed by atoms with E-state index in [-0.39, 0.29) is 44.7 Å². The van der Waals surface area contributed by atoms with Crippen LogP contribution >= 0.6 is 0 Å². The molecule has 27 heteroatoms. The lowest BCUT2D eigenvalue weighted by atomic mass is 10.0. The van der Waals surface area contributed by atoms with E-state index in [1.165, 1.54) is 22.3 Å². The summed E-state index contributed by atoms with van der Waals surface area (Å²) in [6.45, 7) is 0.176. The van der Waals surface area contributed by atoms with E-state index in [0.717, 1.165) is 0 Å². The number of primary amides is 1. The van der Waals surface area contributed by atoms with Crippen LogP contribution in [0.5, 0.6) is 0 Å². The predicted octanol–water partition coefficient (Wildman–Crippen LogP) is -7.46. The van der Waals surface area contributed by atoms with Crippen molar-refractivity contribution in [3.05, 3.63) is 18.2 Å². The Bertz CT molecular complexity index is 1890. The number of nitrogens with zero attached hydrogens (tertiary/aromatic N) is 3. The third kappa shape index (κ3) is 15.4. The predicted molar refractivity (Wildman–Crippen MR) is 225 cm³/mol. The van der Waals surface area contributed by atoms with Crippen LogP contribution in [0.3, 0.4) is 0 Å². The number of aliphatic hydroxyl groups excluding tert-OH is 4. The van der Waals surface area contributed by atoms with Gasteiger partial charge in [0.05, 0.1) is 32.8 Å². The van der Waals surface area contributed by atoms with Crippen molar-refractivity contribution in [3.63, 3.8) is 0 Å². The number of aliphatic hydroxyl groups is 4. The molecule has 66 heavy (non-hydrogen) atoms. The van der Waals surface area contributed by atoms with Gasteiger partial charge in [0.2, 0.25) is 53.2 Å². The third-order valence-corrected chi connectivity index (χ3v) is 10.9. The third-order valence-electron chi connectivity index (χ3n) is 10.9. The second-order valence-electron chi connectivity index (χ2n) is 16.3. The van der Waals surface area contributed by atoms with Gasteiger partial charge in [0.1, 0.15) is 54.4 Å². The Morgan fingerprint density at radius 2 is 1.21 bits per heavy atom. The molecule has 27 nitrogen and oxygen atoms in total. The molecule has 2 aliphatic heterocycles. The first-order valence-electron chi connectivity index (χ1n) is 21.4. The van der Waals surface area contributed by atoms with Gasteiger partial charge in [-0.1, -0.05) is 13.8 Å². The molecular weight excluding hydrogens is 876 g/mol. The number of nitrogens with one attached hydrogen (secondary N) is 7. The van der Waals surface area contributed by atoms with Crippen molar-refractivity contribution in [2.45, 2.75) is 120 Å². The highest BCUT2D eigenvalue weighted by molar-refractivity contribution is 5.98. The van der Waals surface area contributed by atoms with Crippen molar-refractivity contribution >= 4 is 59.1 Å². The molecule has 0 spiro atoms. The molecule has 1 aromatic heterocycles. The van der Waals surface area contributed by atoms with Gasteiger partial charge in [-0.15, -0.1) is 0 Å². The molecule has 9 amide bonds. The summed E-state index contributed by atoms with van der Waals surface area (Å²) in [6, 6.07) is -12.9. The Morgan fingerprint density at radius 1 is 0.697 bits per heavy atom. The van der Waals surface area contributed by atoms with Gasteiger partial charge in [0, 0.05) is 37.8 Å². The van der Waals surface area contributed by atoms with E-state index in [9.17, 15) is 73.5 Å². The number of hydrogen-bond donors (Lipinski definition) is 14. The number of carbonyl (C=O) groups is 10. The number of aliphatic carboxylic acids is 1. The van der Waals surface area contributed by atoms with Crippen molar-refractivity contribution in [2.24, 2.45) is 17.4 Å². The number of H-pyrrole nitrogens is 1. The van der Waals surface area contributed by atoms with Crippen LogP contribution in [0, 0.1) is 5.92 Å². The number of nitrogens with two attached hydrogens (primary N) is 2. The van der Waals surface area contributed by atoms with Crippen molar-refractivity contribution in [1.29, 1.82) is 0 Å². The zero-order valence-corrected chi connectivity index (χ0v) is 36.6. The Balaban J connectivity index is 1.75. The summed E-state index contributed by atoms with van der Waals surface area (Å²) in [4.78, 5) is 140. The van der Waals surface area contributed by atoms with Gasteiger partial charge in [0.15, 0.2) is 0 Å². The highest BCUT2D eigenvalue weighted by Gasteiger charge is 2.44. The van der Waals surface area contributed by atoms with E-state index in [4.69, 9.17) is 11.5 Å². The fraction of sp³-hybridized carbons (Fsp3) is 0.667. The molecule has 368 valence electrons. The molecule has 0 unspecified atom stereocenters. The van der Waals surface area contributed by atoms with Crippen LogP contribution in [0.25, 0.3) is 0 Å². The lowest BCUT2D eigenvalue weighted by Crippen LogP contribution is -2.61. The van der Waals surface area contributed by atoms with Gasteiger partial charge in [-0.3, -0.25) is 43.2 Å². The van der Waals surface area contributed by atoms with Crippen molar-refractivity contribution < 1.29 is 73.5 Å². The number of carboxylic acids is 1. The molecule has 2 saturated heterocycles.